The van der Waals surface area contributed by atoms with Crippen molar-refractivity contribution >= 4 is 52.5 Å². The van der Waals surface area contributed by atoms with Gasteiger partial charge in [-0.3, -0.25) is 9.59 Å². The zero-order chi connectivity index (χ0) is 27.3. The molecule has 0 saturated heterocycles. The first-order valence-corrected chi connectivity index (χ1v) is 12.9. The first-order valence-electron chi connectivity index (χ1n) is 10.7. The Bertz CT molecular complexity index is 1300. The van der Waals surface area contributed by atoms with Crippen molar-refractivity contribution < 1.29 is 27.5 Å². The molecule has 1 unspecified atom stereocenters. The molecule has 0 bridgehead atoms. The first-order chi connectivity index (χ1) is 17.4. The Morgan fingerprint density at radius 3 is 2.59 bits per heavy atom. The van der Waals surface area contributed by atoms with E-state index in [0.717, 1.165) is 10.7 Å². The fourth-order valence-electron chi connectivity index (χ4n) is 3.30. The molecule has 0 radical (unpaired) electrons. The SMILES string of the molecule is CSCC(C)NC(=O)c1cc(Cl)cc(C)c1NC(=O)c1cc(OCC(F)(F)F)nn1-c1ncccc1Cl. The van der Waals surface area contributed by atoms with Crippen LogP contribution >= 0.6 is 35.0 Å². The van der Waals surface area contributed by atoms with Gasteiger partial charge < -0.3 is 15.4 Å². The maximum Gasteiger partial charge on any atom is 0.422 e. The number of ether oxygens (including phenoxy) is 1. The van der Waals surface area contributed by atoms with Crippen molar-refractivity contribution in [3.63, 3.8) is 0 Å². The lowest BCUT2D eigenvalue weighted by Gasteiger charge is -2.17. The summed E-state index contributed by atoms with van der Waals surface area (Å²) in [6, 6.07) is 6.85. The number of hydrogen-bond donors (Lipinski definition) is 2. The van der Waals surface area contributed by atoms with Crippen molar-refractivity contribution in [2.45, 2.75) is 26.1 Å². The molecule has 3 rings (SSSR count). The van der Waals surface area contributed by atoms with Crippen LogP contribution in [0.4, 0.5) is 18.9 Å². The number of amides is 2. The minimum atomic E-state index is -4.62. The number of rotatable bonds is 9. The largest absolute Gasteiger partial charge is 0.467 e. The predicted molar refractivity (Wildman–Crippen MR) is 137 cm³/mol. The number of aromatic nitrogens is 3. The van der Waals surface area contributed by atoms with Gasteiger partial charge in [0, 0.05) is 29.1 Å². The summed E-state index contributed by atoms with van der Waals surface area (Å²) in [7, 11) is 0. The number of nitrogens with zero attached hydrogens (tertiary/aromatic N) is 3. The van der Waals surface area contributed by atoms with E-state index in [-0.39, 0.29) is 38.8 Å². The molecule has 2 amide bonds. The van der Waals surface area contributed by atoms with Crippen molar-refractivity contribution in [1.29, 1.82) is 0 Å². The molecule has 2 N–H and O–H groups in total. The standard InChI is InChI=1S/C23H22Cl2F3N5O3S/c1-12-7-14(24)8-15(21(34)30-13(2)10-37-3)19(12)31-22(35)17-9-18(36-11-23(26,27)28)32-33(17)20-16(25)5-4-6-29-20/h4-9,13H,10-11H2,1-3H3,(H,30,34)(H,31,35). The average molecular weight is 576 g/mol. The first kappa shape index (κ1) is 28.6. The van der Waals surface area contributed by atoms with E-state index in [1.54, 1.807) is 24.8 Å². The van der Waals surface area contributed by atoms with E-state index >= 15 is 0 Å². The van der Waals surface area contributed by atoms with Gasteiger partial charge in [-0.25, -0.2) is 9.67 Å². The molecule has 0 aliphatic rings. The quantitative estimate of drug-likeness (QED) is 0.347. The highest BCUT2D eigenvalue weighted by Gasteiger charge is 2.30. The second kappa shape index (κ2) is 12.1. The third-order valence-electron chi connectivity index (χ3n) is 4.82. The molecule has 37 heavy (non-hydrogen) atoms. The maximum absolute atomic E-state index is 13.4. The maximum atomic E-state index is 13.4. The monoisotopic (exact) mass is 575 g/mol. The Morgan fingerprint density at radius 1 is 1.22 bits per heavy atom. The van der Waals surface area contributed by atoms with Crippen molar-refractivity contribution in [1.82, 2.24) is 20.1 Å². The molecule has 0 spiro atoms. The number of anilines is 1. The van der Waals surface area contributed by atoms with Gasteiger partial charge in [0.25, 0.3) is 11.8 Å². The number of aryl methyl sites for hydroxylation is 1. The molecule has 0 fully saturated rings. The van der Waals surface area contributed by atoms with Crippen LogP contribution in [-0.4, -0.2) is 57.4 Å². The topological polar surface area (TPSA) is 98.1 Å². The van der Waals surface area contributed by atoms with Gasteiger partial charge in [0.2, 0.25) is 5.88 Å². The second-order valence-electron chi connectivity index (χ2n) is 7.92. The summed E-state index contributed by atoms with van der Waals surface area (Å²) in [4.78, 5) is 30.4. The number of hydrogen-bond acceptors (Lipinski definition) is 6. The van der Waals surface area contributed by atoms with Crippen LogP contribution in [0.2, 0.25) is 10.0 Å². The van der Waals surface area contributed by atoms with Gasteiger partial charge in [0.15, 0.2) is 12.4 Å². The number of benzene rings is 1. The van der Waals surface area contributed by atoms with E-state index in [4.69, 9.17) is 27.9 Å². The third kappa shape index (κ3) is 7.53. The van der Waals surface area contributed by atoms with Crippen molar-refractivity contribution in [2.24, 2.45) is 0 Å². The van der Waals surface area contributed by atoms with Crippen LogP contribution in [0.15, 0.2) is 36.5 Å². The number of carbonyl (C=O) groups is 2. The van der Waals surface area contributed by atoms with Gasteiger partial charge in [-0.2, -0.15) is 24.9 Å². The Labute approximate surface area is 224 Å². The molecular weight excluding hydrogens is 554 g/mol. The summed E-state index contributed by atoms with van der Waals surface area (Å²) < 4.78 is 43.8. The molecule has 8 nitrogen and oxygen atoms in total. The molecular formula is C23H22Cl2F3N5O3S. The van der Waals surface area contributed by atoms with Crippen LogP contribution in [-0.2, 0) is 0 Å². The van der Waals surface area contributed by atoms with Crippen molar-refractivity contribution in [3.8, 4) is 11.7 Å². The Hall–Kier alpha value is -2.96. The van der Waals surface area contributed by atoms with Crippen molar-refractivity contribution in [3.05, 3.63) is 63.4 Å². The van der Waals surface area contributed by atoms with Crippen LogP contribution in [0.1, 0.15) is 33.3 Å². The third-order valence-corrected chi connectivity index (χ3v) is 6.17. The summed E-state index contributed by atoms with van der Waals surface area (Å²) >= 11 is 13.9. The highest BCUT2D eigenvalue weighted by atomic mass is 35.5. The molecule has 14 heteroatoms. The lowest BCUT2D eigenvalue weighted by Crippen LogP contribution is -2.35. The van der Waals surface area contributed by atoms with Gasteiger partial charge in [-0.15, -0.1) is 5.10 Å². The Balaban J connectivity index is 2.01. The summed E-state index contributed by atoms with van der Waals surface area (Å²) in [5, 5.41) is 9.81. The van der Waals surface area contributed by atoms with E-state index in [1.165, 1.54) is 24.4 Å². The minimum absolute atomic E-state index is 0.00661. The van der Waals surface area contributed by atoms with E-state index in [1.807, 2.05) is 13.2 Å². The fourth-order valence-corrected chi connectivity index (χ4v) is 4.36. The average Bonchev–Trinajstić information content (AvgIpc) is 3.23. The molecule has 3 aromatic rings. The van der Waals surface area contributed by atoms with E-state index in [2.05, 4.69) is 20.7 Å². The van der Waals surface area contributed by atoms with E-state index in [9.17, 15) is 22.8 Å². The molecule has 0 aliphatic carbocycles. The van der Waals surface area contributed by atoms with Gasteiger partial charge in [-0.05, 0) is 49.9 Å². The summed E-state index contributed by atoms with van der Waals surface area (Å²) in [5.41, 5.74) is 0.538. The lowest BCUT2D eigenvalue weighted by atomic mass is 10.1. The zero-order valence-corrected chi connectivity index (χ0v) is 22.1. The second-order valence-corrected chi connectivity index (χ2v) is 9.68. The zero-order valence-electron chi connectivity index (χ0n) is 19.8. The smallest absolute Gasteiger partial charge is 0.422 e. The molecule has 0 saturated carbocycles. The number of nitrogens with one attached hydrogen (secondary N) is 2. The predicted octanol–water partition coefficient (Wildman–Crippen LogP) is 5.56. The number of halogens is 5. The number of thioether (sulfide) groups is 1. The summed E-state index contributed by atoms with van der Waals surface area (Å²) in [5.74, 6) is -1.07. The molecule has 198 valence electrons. The molecule has 2 aromatic heterocycles. The van der Waals surface area contributed by atoms with E-state index in [0.29, 0.717) is 11.3 Å². The van der Waals surface area contributed by atoms with Crippen LogP contribution in [0.5, 0.6) is 5.88 Å². The number of alkyl halides is 3. The van der Waals surface area contributed by atoms with Gasteiger partial charge in [-0.1, -0.05) is 23.2 Å². The van der Waals surface area contributed by atoms with Crippen LogP contribution in [0, 0.1) is 6.92 Å². The fraction of sp³-hybridized carbons (Fsp3) is 0.304. The number of carbonyl (C=O) groups excluding carboxylic acids is 2. The molecule has 2 heterocycles. The molecule has 1 atom stereocenters. The molecule has 0 aliphatic heterocycles. The summed E-state index contributed by atoms with van der Waals surface area (Å²) in [6.07, 6.45) is -1.34. The normalized spacial score (nSPS) is 12.2. The Kier molecular flexibility index (Phi) is 9.32. The van der Waals surface area contributed by atoms with Crippen LogP contribution in [0.3, 0.4) is 0 Å². The molecule has 1 aromatic carbocycles. The van der Waals surface area contributed by atoms with Gasteiger partial charge in [0.1, 0.15) is 5.69 Å². The van der Waals surface area contributed by atoms with Gasteiger partial charge >= 0.3 is 6.18 Å². The van der Waals surface area contributed by atoms with Crippen LogP contribution < -0.4 is 15.4 Å². The minimum Gasteiger partial charge on any atom is -0.467 e. The highest BCUT2D eigenvalue weighted by Crippen LogP contribution is 2.28. The van der Waals surface area contributed by atoms with Gasteiger partial charge in [0.05, 0.1) is 16.3 Å². The van der Waals surface area contributed by atoms with Crippen LogP contribution in [0.25, 0.3) is 5.82 Å². The number of pyridine rings is 1. The summed E-state index contributed by atoms with van der Waals surface area (Å²) in [6.45, 7) is 1.87. The van der Waals surface area contributed by atoms with E-state index < -0.39 is 30.5 Å². The Morgan fingerprint density at radius 2 is 1.95 bits per heavy atom. The van der Waals surface area contributed by atoms with Crippen molar-refractivity contribution in [2.75, 3.05) is 23.9 Å². The highest BCUT2D eigenvalue weighted by molar-refractivity contribution is 7.98. The lowest BCUT2D eigenvalue weighted by molar-refractivity contribution is -0.154.